The van der Waals surface area contributed by atoms with E-state index in [0.717, 1.165) is 38.5 Å². The number of hydrogen-bond acceptors (Lipinski definition) is 3. The van der Waals surface area contributed by atoms with Crippen molar-refractivity contribution in [2.24, 2.45) is 11.8 Å². The molecule has 1 rings (SSSR count). The van der Waals surface area contributed by atoms with Gasteiger partial charge in [-0.2, -0.15) is 0 Å². The van der Waals surface area contributed by atoms with Crippen molar-refractivity contribution in [3.05, 3.63) is 12.2 Å². The molecule has 1 aliphatic rings. The van der Waals surface area contributed by atoms with Crippen LogP contribution in [0.15, 0.2) is 12.2 Å². The molecule has 1 saturated carbocycles. The molecule has 2 atom stereocenters. The van der Waals surface area contributed by atoms with Crippen molar-refractivity contribution in [1.29, 1.82) is 0 Å². The molecule has 1 N–H and O–H groups in total. The molecule has 2 unspecified atom stereocenters. The highest BCUT2D eigenvalue weighted by Gasteiger charge is 2.32. The summed E-state index contributed by atoms with van der Waals surface area (Å²) in [5.74, 6) is -0.0651. The lowest BCUT2D eigenvalue weighted by Gasteiger charge is -2.14. The van der Waals surface area contributed by atoms with E-state index in [9.17, 15) is 14.4 Å². The zero-order valence-electron chi connectivity index (χ0n) is 15.0. The van der Waals surface area contributed by atoms with E-state index < -0.39 is 5.97 Å². The lowest BCUT2D eigenvalue weighted by atomic mass is 9.89. The Bertz CT molecular complexity index is 439. The van der Waals surface area contributed by atoms with Crippen LogP contribution >= 0.6 is 0 Å². The zero-order valence-corrected chi connectivity index (χ0v) is 15.0. The summed E-state index contributed by atoms with van der Waals surface area (Å²) >= 11 is 0. The fraction of sp³-hybridized carbons (Fsp3) is 0.750. The number of ketones is 2. The van der Waals surface area contributed by atoms with Gasteiger partial charge >= 0.3 is 5.97 Å². The normalized spacial score (nSPS) is 20.8. The van der Waals surface area contributed by atoms with Crippen molar-refractivity contribution in [3.8, 4) is 0 Å². The van der Waals surface area contributed by atoms with E-state index in [1.807, 2.05) is 6.08 Å². The number of carbonyl (C=O) groups is 3. The molecule has 1 aliphatic carbocycles. The molecule has 0 aromatic carbocycles. The first kappa shape index (κ1) is 20.6. The minimum Gasteiger partial charge on any atom is -0.481 e. The van der Waals surface area contributed by atoms with Crippen LogP contribution in [-0.2, 0) is 14.4 Å². The molecule has 24 heavy (non-hydrogen) atoms. The van der Waals surface area contributed by atoms with Gasteiger partial charge in [-0.05, 0) is 37.7 Å². The summed E-state index contributed by atoms with van der Waals surface area (Å²) in [6.45, 7) is 2.15. The van der Waals surface area contributed by atoms with Crippen LogP contribution in [0.1, 0.15) is 84.0 Å². The molecular weight excluding hydrogens is 304 g/mol. The van der Waals surface area contributed by atoms with Crippen molar-refractivity contribution in [3.63, 3.8) is 0 Å². The molecule has 136 valence electrons. The Labute approximate surface area is 145 Å². The van der Waals surface area contributed by atoms with Crippen molar-refractivity contribution < 1.29 is 19.5 Å². The first-order chi connectivity index (χ1) is 11.5. The third-order valence-corrected chi connectivity index (χ3v) is 4.87. The Hall–Kier alpha value is -1.45. The van der Waals surface area contributed by atoms with Gasteiger partial charge in [0, 0.05) is 25.2 Å². The minimum atomic E-state index is -0.759. The Morgan fingerprint density at radius 1 is 1.08 bits per heavy atom. The highest BCUT2D eigenvalue weighted by atomic mass is 16.4. The molecule has 0 amide bonds. The van der Waals surface area contributed by atoms with Gasteiger partial charge in [-0.25, -0.2) is 0 Å². The maximum atomic E-state index is 12.0. The van der Waals surface area contributed by atoms with E-state index in [1.165, 1.54) is 12.8 Å². The van der Waals surface area contributed by atoms with Crippen LogP contribution in [-0.4, -0.2) is 22.6 Å². The average Bonchev–Trinajstić information content (AvgIpc) is 2.89. The van der Waals surface area contributed by atoms with Crippen LogP contribution in [0.5, 0.6) is 0 Å². The summed E-state index contributed by atoms with van der Waals surface area (Å²) in [4.78, 5) is 34.4. The second-order valence-electron chi connectivity index (χ2n) is 6.90. The molecular formula is C20H32O4. The van der Waals surface area contributed by atoms with Gasteiger partial charge in [0.1, 0.15) is 5.78 Å². The van der Waals surface area contributed by atoms with Gasteiger partial charge in [0.15, 0.2) is 5.78 Å². The Balaban J connectivity index is 2.31. The quantitative estimate of drug-likeness (QED) is 0.390. The second-order valence-corrected chi connectivity index (χ2v) is 6.90. The standard InChI is InChI=1S/C20H32O4/c1-2-3-4-6-9-17(21)14-12-16-13-15-19(22)18(16)10-7-5-8-11-20(23)24/h12,14,16,18H,2-11,13,15H2,1H3,(H,23,24)/b14-12+. The van der Waals surface area contributed by atoms with E-state index in [-0.39, 0.29) is 24.0 Å². The van der Waals surface area contributed by atoms with E-state index in [2.05, 4.69) is 6.92 Å². The van der Waals surface area contributed by atoms with Crippen molar-refractivity contribution in [2.45, 2.75) is 84.0 Å². The molecule has 0 saturated heterocycles. The molecule has 0 spiro atoms. The van der Waals surface area contributed by atoms with Crippen LogP contribution < -0.4 is 0 Å². The summed E-state index contributed by atoms with van der Waals surface area (Å²) in [6.07, 6.45) is 13.5. The van der Waals surface area contributed by atoms with Gasteiger partial charge in [-0.15, -0.1) is 0 Å². The number of carboxylic acids is 1. The maximum absolute atomic E-state index is 12.0. The van der Waals surface area contributed by atoms with Gasteiger partial charge < -0.3 is 5.11 Å². The fourth-order valence-corrected chi connectivity index (χ4v) is 3.40. The third-order valence-electron chi connectivity index (χ3n) is 4.87. The molecule has 0 aromatic heterocycles. The largest absolute Gasteiger partial charge is 0.481 e. The summed E-state index contributed by atoms with van der Waals surface area (Å²) in [5.41, 5.74) is 0. The van der Waals surface area contributed by atoms with E-state index in [0.29, 0.717) is 25.0 Å². The van der Waals surface area contributed by atoms with Crippen molar-refractivity contribution >= 4 is 17.5 Å². The van der Waals surface area contributed by atoms with Crippen LogP contribution in [0.25, 0.3) is 0 Å². The number of carboxylic acid groups (broad SMARTS) is 1. The summed E-state index contributed by atoms with van der Waals surface area (Å²) in [5, 5.41) is 8.63. The van der Waals surface area contributed by atoms with Crippen molar-refractivity contribution in [2.75, 3.05) is 0 Å². The molecule has 0 aliphatic heterocycles. The lowest BCUT2D eigenvalue weighted by Crippen LogP contribution is -2.13. The number of hydrogen-bond donors (Lipinski definition) is 1. The Kier molecular flexibility index (Phi) is 10.3. The third kappa shape index (κ3) is 8.42. The van der Waals surface area contributed by atoms with E-state index in [1.54, 1.807) is 6.08 Å². The zero-order chi connectivity index (χ0) is 17.8. The predicted molar refractivity (Wildman–Crippen MR) is 94.8 cm³/mol. The minimum absolute atomic E-state index is 0.0268. The van der Waals surface area contributed by atoms with E-state index >= 15 is 0 Å². The molecule has 4 nitrogen and oxygen atoms in total. The number of carbonyl (C=O) groups excluding carboxylic acids is 2. The van der Waals surface area contributed by atoms with Crippen LogP contribution in [0, 0.1) is 11.8 Å². The summed E-state index contributed by atoms with van der Waals surface area (Å²) < 4.78 is 0. The lowest BCUT2D eigenvalue weighted by molar-refractivity contribution is -0.137. The number of aliphatic carboxylic acids is 1. The molecule has 1 fully saturated rings. The van der Waals surface area contributed by atoms with Crippen LogP contribution in [0.3, 0.4) is 0 Å². The smallest absolute Gasteiger partial charge is 0.303 e. The summed E-state index contributed by atoms with van der Waals surface area (Å²) in [6, 6.07) is 0. The first-order valence-electron chi connectivity index (χ1n) is 9.50. The summed E-state index contributed by atoms with van der Waals surface area (Å²) in [7, 11) is 0. The predicted octanol–water partition coefficient (Wildman–Crippen LogP) is 4.71. The van der Waals surface area contributed by atoms with Crippen molar-refractivity contribution in [1.82, 2.24) is 0 Å². The topological polar surface area (TPSA) is 71.4 Å². The molecule has 0 radical (unpaired) electrons. The number of rotatable bonds is 13. The molecule has 0 bridgehead atoms. The average molecular weight is 336 g/mol. The highest BCUT2D eigenvalue weighted by molar-refractivity contribution is 5.90. The van der Waals surface area contributed by atoms with E-state index in [4.69, 9.17) is 5.11 Å². The molecule has 4 heteroatoms. The van der Waals surface area contributed by atoms with Crippen LogP contribution in [0.4, 0.5) is 0 Å². The Morgan fingerprint density at radius 3 is 2.50 bits per heavy atom. The molecule has 0 aromatic rings. The second kappa shape index (κ2) is 12.0. The fourth-order valence-electron chi connectivity index (χ4n) is 3.40. The number of unbranched alkanes of at least 4 members (excludes halogenated alkanes) is 5. The van der Waals surface area contributed by atoms with Gasteiger partial charge in [-0.1, -0.05) is 45.1 Å². The number of allylic oxidation sites excluding steroid dienone is 2. The van der Waals surface area contributed by atoms with Gasteiger partial charge in [0.25, 0.3) is 0 Å². The van der Waals surface area contributed by atoms with Crippen LogP contribution in [0.2, 0.25) is 0 Å². The SMILES string of the molecule is CCCCCCC(=O)/C=C/C1CCC(=O)C1CCCCCC(=O)O. The monoisotopic (exact) mass is 336 g/mol. The highest BCUT2D eigenvalue weighted by Crippen LogP contribution is 2.33. The number of Topliss-reactive ketones (excluding diaryl/α,β-unsaturated/α-hetero) is 1. The molecule has 0 heterocycles. The Morgan fingerprint density at radius 2 is 1.79 bits per heavy atom. The van der Waals surface area contributed by atoms with Gasteiger partial charge in [-0.3, -0.25) is 14.4 Å². The first-order valence-corrected chi connectivity index (χ1v) is 9.50. The maximum Gasteiger partial charge on any atom is 0.303 e. The van der Waals surface area contributed by atoms with Gasteiger partial charge in [0.05, 0.1) is 0 Å². The van der Waals surface area contributed by atoms with Gasteiger partial charge in [0.2, 0.25) is 0 Å².